The maximum absolute atomic E-state index is 12.7. The van der Waals surface area contributed by atoms with Gasteiger partial charge in [-0.15, -0.1) is 5.10 Å². The summed E-state index contributed by atoms with van der Waals surface area (Å²) in [4.78, 5) is 12.7. The Kier molecular flexibility index (Phi) is 6.20. The van der Waals surface area contributed by atoms with Crippen LogP contribution in [0.25, 0.3) is 11.4 Å². The molecule has 1 atom stereocenters. The van der Waals surface area contributed by atoms with E-state index in [0.29, 0.717) is 17.4 Å². The van der Waals surface area contributed by atoms with Gasteiger partial charge in [0.1, 0.15) is 12.7 Å². The van der Waals surface area contributed by atoms with Gasteiger partial charge in [0.15, 0.2) is 5.82 Å². The van der Waals surface area contributed by atoms with Gasteiger partial charge < -0.3 is 4.74 Å². The maximum atomic E-state index is 12.7. The molecular weight excluding hydrogens is 416 g/mol. The summed E-state index contributed by atoms with van der Waals surface area (Å²) in [6.07, 6.45) is -0.468. The third-order valence-corrected chi connectivity index (χ3v) is 5.05. The van der Waals surface area contributed by atoms with Gasteiger partial charge in [0.25, 0.3) is 5.91 Å². The van der Waals surface area contributed by atoms with Crippen molar-refractivity contribution in [1.82, 2.24) is 30.0 Å². The molecular formula is C22H21ClN6O2. The SMILES string of the molecule is Cc1cc(C)n(C(=O)COC(Cn2nnnc2-c2ccccc2)c2ccc(Cl)cc2)n1. The summed E-state index contributed by atoms with van der Waals surface area (Å²) in [5.74, 6) is 0.373. The van der Waals surface area contributed by atoms with Crippen molar-refractivity contribution in [2.45, 2.75) is 26.5 Å². The van der Waals surface area contributed by atoms with Crippen LogP contribution in [0.5, 0.6) is 0 Å². The van der Waals surface area contributed by atoms with Crippen molar-refractivity contribution in [2.75, 3.05) is 6.61 Å². The lowest BCUT2D eigenvalue weighted by molar-refractivity contribution is 0.0287. The van der Waals surface area contributed by atoms with E-state index < -0.39 is 6.10 Å². The summed E-state index contributed by atoms with van der Waals surface area (Å²) in [6.45, 7) is 3.86. The van der Waals surface area contributed by atoms with Crippen LogP contribution in [0.2, 0.25) is 5.02 Å². The molecule has 2 aromatic carbocycles. The van der Waals surface area contributed by atoms with Crippen molar-refractivity contribution in [2.24, 2.45) is 0 Å². The first kappa shape index (κ1) is 20.9. The Morgan fingerprint density at radius 3 is 2.52 bits per heavy atom. The van der Waals surface area contributed by atoms with Crippen molar-refractivity contribution in [3.8, 4) is 11.4 Å². The molecule has 0 fully saturated rings. The van der Waals surface area contributed by atoms with Crippen LogP contribution in [0.3, 0.4) is 0 Å². The largest absolute Gasteiger partial charge is 0.362 e. The molecule has 0 saturated heterocycles. The van der Waals surface area contributed by atoms with Crippen molar-refractivity contribution in [1.29, 1.82) is 0 Å². The van der Waals surface area contributed by atoms with Crippen LogP contribution in [0.4, 0.5) is 0 Å². The number of hydrogen-bond acceptors (Lipinski definition) is 6. The third kappa shape index (κ3) is 4.87. The lowest BCUT2D eigenvalue weighted by atomic mass is 10.1. The Bertz CT molecular complexity index is 1170. The molecule has 2 aromatic heterocycles. The maximum Gasteiger partial charge on any atom is 0.273 e. The standard InChI is InChI=1S/C22H21ClN6O2/c1-15-12-16(2)29(25-15)21(30)14-31-20(17-8-10-19(23)11-9-17)13-28-22(24-26-27-28)18-6-4-3-5-7-18/h3-12,20H,13-14H2,1-2H3. The minimum Gasteiger partial charge on any atom is -0.362 e. The van der Waals surface area contributed by atoms with Gasteiger partial charge in [0, 0.05) is 16.3 Å². The number of hydrogen-bond donors (Lipinski definition) is 0. The number of tetrazole rings is 1. The second-order valence-electron chi connectivity index (χ2n) is 7.13. The van der Waals surface area contributed by atoms with Gasteiger partial charge >= 0.3 is 0 Å². The fourth-order valence-electron chi connectivity index (χ4n) is 3.32. The van der Waals surface area contributed by atoms with E-state index in [2.05, 4.69) is 20.6 Å². The Labute approximate surface area is 184 Å². The molecule has 0 saturated carbocycles. The highest BCUT2D eigenvalue weighted by Crippen LogP contribution is 2.24. The zero-order valence-corrected chi connectivity index (χ0v) is 17.9. The number of halogens is 1. The monoisotopic (exact) mass is 436 g/mol. The smallest absolute Gasteiger partial charge is 0.273 e. The molecule has 4 rings (SSSR count). The van der Waals surface area contributed by atoms with Crippen molar-refractivity contribution >= 4 is 17.5 Å². The average molecular weight is 437 g/mol. The Balaban J connectivity index is 1.57. The van der Waals surface area contributed by atoms with Crippen LogP contribution in [0.1, 0.15) is 27.8 Å². The van der Waals surface area contributed by atoms with Crippen LogP contribution in [-0.2, 0) is 11.3 Å². The fourth-order valence-corrected chi connectivity index (χ4v) is 3.45. The number of rotatable bonds is 7. The van der Waals surface area contributed by atoms with E-state index in [1.54, 1.807) is 16.8 Å². The summed E-state index contributed by atoms with van der Waals surface area (Å²) >= 11 is 6.05. The molecule has 4 aromatic rings. The van der Waals surface area contributed by atoms with Crippen molar-refractivity contribution in [3.05, 3.63) is 82.6 Å². The quantitative estimate of drug-likeness (QED) is 0.436. The molecule has 2 heterocycles. The number of aromatic nitrogens is 6. The highest BCUT2D eigenvalue weighted by Gasteiger charge is 2.20. The Morgan fingerprint density at radius 1 is 1.10 bits per heavy atom. The first-order valence-corrected chi connectivity index (χ1v) is 10.1. The van der Waals surface area contributed by atoms with Crippen LogP contribution >= 0.6 is 11.6 Å². The number of benzene rings is 2. The van der Waals surface area contributed by atoms with E-state index >= 15 is 0 Å². The van der Waals surface area contributed by atoms with Crippen LogP contribution in [0.15, 0.2) is 60.7 Å². The number of aryl methyl sites for hydroxylation is 2. The van der Waals surface area contributed by atoms with Crippen molar-refractivity contribution < 1.29 is 9.53 Å². The first-order chi connectivity index (χ1) is 15.0. The fraction of sp³-hybridized carbons (Fsp3) is 0.227. The molecule has 1 unspecified atom stereocenters. The number of nitrogens with zero attached hydrogens (tertiary/aromatic N) is 6. The van der Waals surface area contributed by atoms with Gasteiger partial charge in [-0.2, -0.15) is 5.10 Å². The molecule has 0 aliphatic heterocycles. The van der Waals surface area contributed by atoms with Gasteiger partial charge in [0.2, 0.25) is 0 Å². The highest BCUT2D eigenvalue weighted by atomic mass is 35.5. The molecule has 0 aliphatic carbocycles. The molecule has 0 bridgehead atoms. The molecule has 0 aliphatic rings. The zero-order valence-electron chi connectivity index (χ0n) is 17.1. The van der Waals surface area contributed by atoms with Crippen LogP contribution in [-0.4, -0.2) is 42.5 Å². The zero-order chi connectivity index (χ0) is 21.8. The highest BCUT2D eigenvalue weighted by molar-refractivity contribution is 6.30. The average Bonchev–Trinajstić information content (AvgIpc) is 3.37. The van der Waals surface area contributed by atoms with E-state index in [9.17, 15) is 4.79 Å². The summed E-state index contributed by atoms with van der Waals surface area (Å²) < 4.78 is 9.07. The number of carbonyl (C=O) groups is 1. The predicted molar refractivity (Wildman–Crippen MR) is 116 cm³/mol. The molecule has 0 amide bonds. The summed E-state index contributed by atoms with van der Waals surface area (Å²) in [5.41, 5.74) is 3.29. The molecule has 158 valence electrons. The van der Waals surface area contributed by atoms with Gasteiger partial charge in [-0.05, 0) is 48.0 Å². The molecule has 0 N–H and O–H groups in total. The Hall–Kier alpha value is -3.36. The second kappa shape index (κ2) is 9.20. The summed E-state index contributed by atoms with van der Waals surface area (Å²) in [6, 6.07) is 18.8. The molecule has 9 heteroatoms. The van der Waals surface area contributed by atoms with Crippen molar-refractivity contribution in [3.63, 3.8) is 0 Å². The van der Waals surface area contributed by atoms with Gasteiger partial charge in [0.05, 0.1) is 12.2 Å². The van der Waals surface area contributed by atoms with E-state index in [4.69, 9.17) is 16.3 Å². The minimum atomic E-state index is -0.468. The van der Waals surface area contributed by atoms with E-state index in [1.165, 1.54) is 4.68 Å². The molecule has 0 radical (unpaired) electrons. The molecule has 0 spiro atoms. The van der Waals surface area contributed by atoms with Gasteiger partial charge in [-0.25, -0.2) is 9.36 Å². The van der Waals surface area contributed by atoms with E-state index in [-0.39, 0.29) is 12.5 Å². The second-order valence-corrected chi connectivity index (χ2v) is 7.57. The first-order valence-electron chi connectivity index (χ1n) is 9.76. The lowest BCUT2D eigenvalue weighted by Crippen LogP contribution is -2.23. The topological polar surface area (TPSA) is 87.7 Å². The predicted octanol–water partition coefficient (Wildman–Crippen LogP) is 3.91. The third-order valence-electron chi connectivity index (χ3n) is 4.80. The van der Waals surface area contributed by atoms with E-state index in [1.807, 2.05) is 62.4 Å². The van der Waals surface area contributed by atoms with Crippen LogP contribution < -0.4 is 0 Å². The Morgan fingerprint density at radius 2 is 1.84 bits per heavy atom. The van der Waals surface area contributed by atoms with E-state index in [0.717, 1.165) is 22.5 Å². The normalized spacial score (nSPS) is 12.1. The summed E-state index contributed by atoms with van der Waals surface area (Å²) in [7, 11) is 0. The summed E-state index contributed by atoms with van der Waals surface area (Å²) in [5, 5.41) is 16.9. The number of ether oxygens (including phenoxy) is 1. The van der Waals surface area contributed by atoms with Gasteiger partial charge in [-0.1, -0.05) is 54.1 Å². The van der Waals surface area contributed by atoms with Crippen LogP contribution in [0, 0.1) is 13.8 Å². The molecule has 31 heavy (non-hydrogen) atoms. The van der Waals surface area contributed by atoms with Gasteiger partial charge in [-0.3, -0.25) is 4.79 Å². The number of carbonyl (C=O) groups excluding carboxylic acids is 1. The molecule has 8 nitrogen and oxygen atoms in total. The minimum absolute atomic E-state index is 0.141. The lowest BCUT2D eigenvalue weighted by Gasteiger charge is -2.19.